The van der Waals surface area contributed by atoms with Gasteiger partial charge < -0.3 is 29.2 Å². The van der Waals surface area contributed by atoms with Crippen molar-refractivity contribution in [2.24, 2.45) is 0 Å². The predicted octanol–water partition coefficient (Wildman–Crippen LogP) is 1.20. The van der Waals surface area contributed by atoms with Gasteiger partial charge in [-0.15, -0.1) is 0 Å². The molecule has 0 fully saturated rings. The minimum atomic E-state index is -0.457. The van der Waals surface area contributed by atoms with E-state index in [4.69, 9.17) is 18.9 Å². The third-order valence-electron chi connectivity index (χ3n) is 3.00. The van der Waals surface area contributed by atoms with Gasteiger partial charge in [-0.2, -0.15) is 0 Å². The number of hydrogen-bond donors (Lipinski definition) is 2. The fourth-order valence-corrected chi connectivity index (χ4v) is 1.84. The lowest BCUT2D eigenvalue weighted by molar-refractivity contribution is -0.156. The van der Waals surface area contributed by atoms with Gasteiger partial charge in [-0.25, -0.2) is 0 Å². The van der Waals surface area contributed by atoms with Crippen LogP contribution in [0, 0.1) is 6.92 Å². The second-order valence-electron chi connectivity index (χ2n) is 6.94. The number of H-pyrrole nitrogens is 1. The number of nitrogens with one attached hydrogen (secondary N) is 2. The van der Waals surface area contributed by atoms with E-state index in [0.29, 0.717) is 52.6 Å². The average molecular weight is 414 g/mol. The molecule has 0 aromatic carbocycles. The number of aromatic nitrogens is 1. The van der Waals surface area contributed by atoms with Gasteiger partial charge in [0.05, 0.1) is 46.1 Å². The number of amides is 1. The minimum absolute atomic E-state index is 0.0370. The summed E-state index contributed by atoms with van der Waals surface area (Å²) >= 11 is 0. The molecule has 0 saturated heterocycles. The van der Waals surface area contributed by atoms with E-state index in [1.165, 1.54) is 6.07 Å². The van der Waals surface area contributed by atoms with E-state index in [2.05, 4.69) is 10.3 Å². The number of aryl methyl sites for hydroxylation is 1. The molecule has 0 spiro atoms. The fourth-order valence-electron chi connectivity index (χ4n) is 1.84. The highest BCUT2D eigenvalue weighted by molar-refractivity contribution is 5.69. The highest BCUT2D eigenvalue weighted by atomic mass is 16.6. The summed E-state index contributed by atoms with van der Waals surface area (Å²) < 4.78 is 20.9. The fraction of sp³-hybridized carbons (Fsp3) is 0.650. The monoisotopic (exact) mass is 414 g/mol. The molecule has 0 saturated carbocycles. The topological polar surface area (TPSA) is 116 Å². The van der Waals surface area contributed by atoms with Crippen molar-refractivity contribution in [3.63, 3.8) is 0 Å². The molecular formula is C20H34N2O7. The number of carbonyl (C=O) groups excluding carboxylic acids is 2. The molecule has 1 aromatic rings. The van der Waals surface area contributed by atoms with Crippen molar-refractivity contribution < 1.29 is 28.5 Å². The number of esters is 1. The van der Waals surface area contributed by atoms with E-state index in [-0.39, 0.29) is 17.9 Å². The maximum Gasteiger partial charge on any atom is 0.308 e. The molecule has 2 N–H and O–H groups in total. The van der Waals surface area contributed by atoms with Crippen LogP contribution in [0.5, 0.6) is 0 Å². The van der Waals surface area contributed by atoms with Crippen LogP contribution in [0.1, 0.15) is 32.9 Å². The van der Waals surface area contributed by atoms with Gasteiger partial charge in [-0.1, -0.05) is 6.07 Å². The molecule has 0 aliphatic rings. The van der Waals surface area contributed by atoms with Gasteiger partial charge in [0.2, 0.25) is 12.0 Å². The maximum absolute atomic E-state index is 11.4. The van der Waals surface area contributed by atoms with Crippen LogP contribution in [-0.4, -0.2) is 69.2 Å². The molecule has 1 amide bonds. The van der Waals surface area contributed by atoms with E-state index >= 15 is 0 Å². The summed E-state index contributed by atoms with van der Waals surface area (Å²) in [5.41, 5.74) is 0.407. The van der Waals surface area contributed by atoms with Crippen molar-refractivity contribution in [1.82, 2.24) is 10.3 Å². The first-order chi connectivity index (χ1) is 13.7. The smallest absolute Gasteiger partial charge is 0.308 e. The van der Waals surface area contributed by atoms with E-state index in [0.717, 1.165) is 5.69 Å². The molecular weight excluding hydrogens is 380 g/mol. The van der Waals surface area contributed by atoms with Crippen LogP contribution >= 0.6 is 0 Å². The zero-order valence-electron chi connectivity index (χ0n) is 17.8. The Kier molecular flexibility index (Phi) is 15.4. The van der Waals surface area contributed by atoms with Crippen molar-refractivity contribution >= 4 is 12.4 Å². The molecule has 0 atom stereocenters. The summed E-state index contributed by atoms with van der Waals surface area (Å²) in [4.78, 5) is 34.4. The molecule has 0 unspecified atom stereocenters. The molecule has 0 bridgehead atoms. The minimum Gasteiger partial charge on any atom is -0.460 e. The Hall–Kier alpha value is -2.23. The van der Waals surface area contributed by atoms with Crippen molar-refractivity contribution in [3.8, 4) is 0 Å². The SMILES string of the molecule is CC(C)(C)OC(=O)CCOCCOCCOCCNC=O.Cc1cccc(=O)[nH]1. The van der Waals surface area contributed by atoms with Gasteiger partial charge in [0.15, 0.2) is 0 Å². The molecule has 166 valence electrons. The first kappa shape index (κ1) is 26.8. The second-order valence-corrected chi connectivity index (χ2v) is 6.94. The van der Waals surface area contributed by atoms with E-state index < -0.39 is 5.60 Å². The summed E-state index contributed by atoms with van der Waals surface area (Å²) in [7, 11) is 0. The third-order valence-corrected chi connectivity index (χ3v) is 3.00. The third kappa shape index (κ3) is 20.3. The summed E-state index contributed by atoms with van der Waals surface area (Å²) in [5, 5.41) is 2.49. The summed E-state index contributed by atoms with van der Waals surface area (Å²) in [6.07, 6.45) is 0.874. The average Bonchev–Trinajstić information content (AvgIpc) is 2.61. The zero-order chi connectivity index (χ0) is 22.0. The Balaban J connectivity index is 0.000000807. The molecule has 29 heavy (non-hydrogen) atoms. The van der Waals surface area contributed by atoms with Crippen molar-refractivity contribution in [2.45, 2.75) is 39.7 Å². The Morgan fingerprint density at radius 1 is 1.03 bits per heavy atom. The van der Waals surface area contributed by atoms with Crippen LogP contribution in [0.4, 0.5) is 0 Å². The number of aromatic amines is 1. The maximum atomic E-state index is 11.4. The molecule has 1 heterocycles. The summed E-state index contributed by atoms with van der Waals surface area (Å²) in [6.45, 7) is 10.4. The van der Waals surface area contributed by atoms with E-state index in [1.807, 2.05) is 33.8 Å². The van der Waals surface area contributed by atoms with Crippen LogP contribution in [-0.2, 0) is 28.5 Å². The predicted molar refractivity (Wildman–Crippen MR) is 109 cm³/mol. The lowest BCUT2D eigenvalue weighted by Gasteiger charge is -2.19. The molecule has 9 nitrogen and oxygen atoms in total. The lowest BCUT2D eigenvalue weighted by Crippen LogP contribution is -2.24. The van der Waals surface area contributed by atoms with Gasteiger partial charge in [-0.3, -0.25) is 14.4 Å². The van der Waals surface area contributed by atoms with E-state index in [9.17, 15) is 14.4 Å². The highest BCUT2D eigenvalue weighted by Crippen LogP contribution is 2.07. The van der Waals surface area contributed by atoms with Gasteiger partial charge in [0.1, 0.15) is 5.60 Å². The van der Waals surface area contributed by atoms with Crippen molar-refractivity contribution in [3.05, 3.63) is 34.2 Å². The molecule has 0 radical (unpaired) electrons. The molecule has 0 aliphatic carbocycles. The normalized spacial score (nSPS) is 10.6. The number of hydrogen-bond acceptors (Lipinski definition) is 7. The number of ether oxygens (including phenoxy) is 4. The van der Waals surface area contributed by atoms with Crippen LogP contribution in [0.15, 0.2) is 23.0 Å². The Bertz CT molecular complexity index is 611. The van der Waals surface area contributed by atoms with Gasteiger partial charge in [-0.05, 0) is 33.8 Å². The lowest BCUT2D eigenvalue weighted by atomic mass is 10.2. The second kappa shape index (κ2) is 16.7. The van der Waals surface area contributed by atoms with Crippen LogP contribution in [0.3, 0.4) is 0 Å². The summed E-state index contributed by atoms with van der Waals surface area (Å²) in [5.74, 6) is -0.263. The zero-order valence-corrected chi connectivity index (χ0v) is 17.8. The number of rotatable bonds is 13. The standard InChI is InChI=1S/C14H27NO6.C6H7NO/c1-14(2,3)21-13(17)4-6-18-8-10-20-11-9-19-7-5-15-12-16;1-5-3-2-4-6(8)7-5/h12H,4-11H2,1-3H3,(H,15,16);2-4H,1H3,(H,7,8). The summed E-state index contributed by atoms with van der Waals surface area (Å²) in [6, 6.07) is 5.07. The largest absolute Gasteiger partial charge is 0.460 e. The Morgan fingerprint density at radius 2 is 1.62 bits per heavy atom. The van der Waals surface area contributed by atoms with Gasteiger partial charge >= 0.3 is 5.97 Å². The molecule has 1 rings (SSSR count). The van der Waals surface area contributed by atoms with Crippen LogP contribution < -0.4 is 10.9 Å². The number of carbonyl (C=O) groups is 2. The van der Waals surface area contributed by atoms with Crippen LogP contribution in [0.2, 0.25) is 0 Å². The van der Waals surface area contributed by atoms with E-state index in [1.54, 1.807) is 6.07 Å². The Morgan fingerprint density at radius 3 is 2.10 bits per heavy atom. The molecule has 1 aromatic heterocycles. The highest BCUT2D eigenvalue weighted by Gasteiger charge is 2.15. The van der Waals surface area contributed by atoms with Crippen molar-refractivity contribution in [1.29, 1.82) is 0 Å². The van der Waals surface area contributed by atoms with Crippen molar-refractivity contribution in [2.75, 3.05) is 46.2 Å². The first-order valence-corrected chi connectivity index (χ1v) is 9.52. The quantitative estimate of drug-likeness (QED) is 0.283. The van der Waals surface area contributed by atoms with Gasteiger partial charge in [0.25, 0.3) is 0 Å². The van der Waals surface area contributed by atoms with Crippen LogP contribution in [0.25, 0.3) is 0 Å². The molecule has 9 heteroatoms. The Labute approximate surface area is 172 Å². The van der Waals surface area contributed by atoms with Gasteiger partial charge in [0, 0.05) is 18.3 Å². The number of pyridine rings is 1. The first-order valence-electron chi connectivity index (χ1n) is 9.52. The molecule has 0 aliphatic heterocycles.